The molecule has 4 N–H and O–H groups in total. The van der Waals surface area contributed by atoms with Crippen LogP contribution in [0.2, 0.25) is 0 Å². The number of carbonyl (C=O) groups is 1. The lowest BCUT2D eigenvalue weighted by Crippen LogP contribution is -2.32. The number of rotatable bonds is 4. The van der Waals surface area contributed by atoms with Gasteiger partial charge in [0.15, 0.2) is 0 Å². The predicted octanol–water partition coefficient (Wildman–Crippen LogP) is 1.85. The number of carbonyl (C=O) groups excluding carboxylic acids is 1. The minimum atomic E-state index is -0.190. The Bertz CT molecular complexity index is 333. The van der Waals surface area contributed by atoms with Crippen LogP contribution in [0.4, 0.5) is 10.5 Å². The molecule has 1 aromatic rings. The summed E-state index contributed by atoms with van der Waals surface area (Å²) in [4.78, 5) is 11.4. The summed E-state index contributed by atoms with van der Waals surface area (Å²) in [7, 11) is 0. The Hall–Kier alpha value is -1.55. The molecule has 4 nitrogen and oxygen atoms in total. The third kappa shape index (κ3) is 4.79. The van der Waals surface area contributed by atoms with Gasteiger partial charge in [-0.3, -0.25) is 0 Å². The van der Waals surface area contributed by atoms with E-state index < -0.39 is 0 Å². The van der Waals surface area contributed by atoms with E-state index in [-0.39, 0.29) is 12.1 Å². The van der Waals surface area contributed by atoms with Crippen LogP contribution in [0.3, 0.4) is 0 Å². The number of amides is 2. The van der Waals surface area contributed by atoms with Crippen molar-refractivity contribution in [3.63, 3.8) is 0 Å². The molecule has 0 saturated heterocycles. The van der Waals surface area contributed by atoms with Crippen LogP contribution in [-0.4, -0.2) is 18.6 Å². The van der Waals surface area contributed by atoms with E-state index in [0.717, 1.165) is 12.1 Å². The van der Waals surface area contributed by atoms with Crippen molar-refractivity contribution in [3.05, 3.63) is 29.8 Å². The van der Waals surface area contributed by atoms with Crippen molar-refractivity contribution in [2.75, 3.05) is 11.9 Å². The highest BCUT2D eigenvalue weighted by molar-refractivity contribution is 5.89. The molecule has 1 unspecified atom stereocenters. The number of nitrogens with one attached hydrogen (secondary N) is 2. The summed E-state index contributed by atoms with van der Waals surface area (Å²) in [6.45, 7) is 4.52. The topological polar surface area (TPSA) is 67.2 Å². The van der Waals surface area contributed by atoms with E-state index in [2.05, 4.69) is 10.6 Å². The maximum Gasteiger partial charge on any atom is 0.319 e. The molecule has 0 fully saturated rings. The highest BCUT2D eigenvalue weighted by Gasteiger charge is 2.01. The molecule has 0 aromatic heterocycles. The molecule has 1 atom stereocenters. The number of nitrogens with two attached hydrogens (primary N) is 1. The SMILES string of the molecule is Cc1ccc(NC(=O)NCCC(C)N)cc1. The number of urea groups is 1. The van der Waals surface area contributed by atoms with Gasteiger partial charge in [-0.15, -0.1) is 0 Å². The zero-order chi connectivity index (χ0) is 12.0. The van der Waals surface area contributed by atoms with Gasteiger partial charge in [-0.1, -0.05) is 17.7 Å². The van der Waals surface area contributed by atoms with Crippen molar-refractivity contribution in [3.8, 4) is 0 Å². The van der Waals surface area contributed by atoms with Crippen molar-refractivity contribution >= 4 is 11.7 Å². The van der Waals surface area contributed by atoms with E-state index in [1.165, 1.54) is 5.56 Å². The second kappa shape index (κ2) is 6.12. The van der Waals surface area contributed by atoms with Crippen LogP contribution in [0.5, 0.6) is 0 Å². The summed E-state index contributed by atoms with van der Waals surface area (Å²) in [5, 5.41) is 5.50. The third-order valence-electron chi connectivity index (χ3n) is 2.19. The Labute approximate surface area is 96.2 Å². The normalized spacial score (nSPS) is 11.9. The summed E-state index contributed by atoms with van der Waals surface area (Å²) in [6, 6.07) is 7.58. The van der Waals surface area contributed by atoms with Gasteiger partial charge in [-0.25, -0.2) is 4.79 Å². The number of hydrogen-bond donors (Lipinski definition) is 3. The second-order valence-electron chi connectivity index (χ2n) is 4.01. The first-order valence-corrected chi connectivity index (χ1v) is 5.45. The van der Waals surface area contributed by atoms with Gasteiger partial charge in [0.2, 0.25) is 0 Å². The lowest BCUT2D eigenvalue weighted by atomic mass is 10.2. The highest BCUT2D eigenvalue weighted by atomic mass is 16.2. The van der Waals surface area contributed by atoms with Gasteiger partial charge in [-0.2, -0.15) is 0 Å². The fourth-order valence-electron chi connectivity index (χ4n) is 1.23. The van der Waals surface area contributed by atoms with Crippen molar-refractivity contribution in [2.45, 2.75) is 26.3 Å². The molecule has 16 heavy (non-hydrogen) atoms. The van der Waals surface area contributed by atoms with Gasteiger partial charge in [0.05, 0.1) is 0 Å². The lowest BCUT2D eigenvalue weighted by molar-refractivity contribution is 0.252. The van der Waals surface area contributed by atoms with Gasteiger partial charge >= 0.3 is 6.03 Å². The lowest BCUT2D eigenvalue weighted by Gasteiger charge is -2.09. The molecule has 0 heterocycles. The standard InChI is InChI=1S/C12H19N3O/c1-9-3-5-11(6-4-9)15-12(16)14-8-7-10(2)13/h3-6,10H,7-8,13H2,1-2H3,(H2,14,15,16). The molecule has 0 aliphatic heterocycles. The summed E-state index contributed by atoms with van der Waals surface area (Å²) in [5.74, 6) is 0. The van der Waals surface area contributed by atoms with Gasteiger partial charge < -0.3 is 16.4 Å². The molecule has 0 saturated carbocycles. The van der Waals surface area contributed by atoms with Crippen LogP contribution in [0, 0.1) is 6.92 Å². The summed E-state index contributed by atoms with van der Waals surface area (Å²) in [6.07, 6.45) is 0.779. The van der Waals surface area contributed by atoms with E-state index >= 15 is 0 Å². The molecule has 1 rings (SSSR count). The Morgan fingerprint density at radius 2 is 2.00 bits per heavy atom. The van der Waals surface area contributed by atoms with Gasteiger partial charge in [0, 0.05) is 18.3 Å². The van der Waals surface area contributed by atoms with Gasteiger partial charge in [0.1, 0.15) is 0 Å². The fourth-order valence-corrected chi connectivity index (χ4v) is 1.23. The summed E-state index contributed by atoms with van der Waals surface area (Å²) in [5.41, 5.74) is 7.54. The summed E-state index contributed by atoms with van der Waals surface area (Å²) < 4.78 is 0. The molecule has 0 aliphatic carbocycles. The fraction of sp³-hybridized carbons (Fsp3) is 0.417. The first kappa shape index (κ1) is 12.5. The van der Waals surface area contributed by atoms with E-state index in [4.69, 9.17) is 5.73 Å². The van der Waals surface area contributed by atoms with Crippen molar-refractivity contribution in [1.29, 1.82) is 0 Å². The maximum atomic E-state index is 11.4. The van der Waals surface area contributed by atoms with Crippen LogP contribution < -0.4 is 16.4 Å². The Balaban J connectivity index is 2.31. The van der Waals surface area contributed by atoms with Crippen molar-refractivity contribution < 1.29 is 4.79 Å². The average molecular weight is 221 g/mol. The van der Waals surface area contributed by atoms with Crippen LogP contribution in [0.1, 0.15) is 18.9 Å². The maximum absolute atomic E-state index is 11.4. The van der Waals surface area contributed by atoms with Crippen LogP contribution >= 0.6 is 0 Å². The van der Waals surface area contributed by atoms with E-state index in [0.29, 0.717) is 6.54 Å². The van der Waals surface area contributed by atoms with E-state index in [9.17, 15) is 4.79 Å². The first-order valence-electron chi connectivity index (χ1n) is 5.45. The molecule has 2 amide bonds. The summed E-state index contributed by atoms with van der Waals surface area (Å²) >= 11 is 0. The molecule has 0 spiro atoms. The second-order valence-corrected chi connectivity index (χ2v) is 4.01. The smallest absolute Gasteiger partial charge is 0.319 e. The predicted molar refractivity (Wildman–Crippen MR) is 66.5 cm³/mol. The van der Waals surface area contributed by atoms with Gasteiger partial charge in [-0.05, 0) is 32.4 Å². The van der Waals surface area contributed by atoms with E-state index in [1.807, 2.05) is 38.1 Å². The largest absolute Gasteiger partial charge is 0.338 e. The Morgan fingerprint density at radius 1 is 1.38 bits per heavy atom. The molecule has 0 aliphatic rings. The Kier molecular flexibility index (Phi) is 4.79. The quantitative estimate of drug-likeness (QED) is 0.726. The van der Waals surface area contributed by atoms with Crippen LogP contribution in [-0.2, 0) is 0 Å². The third-order valence-corrected chi connectivity index (χ3v) is 2.19. The average Bonchev–Trinajstić information content (AvgIpc) is 2.21. The number of hydrogen-bond acceptors (Lipinski definition) is 2. The number of anilines is 1. The molecule has 0 bridgehead atoms. The monoisotopic (exact) mass is 221 g/mol. The van der Waals surface area contributed by atoms with Crippen molar-refractivity contribution in [1.82, 2.24) is 5.32 Å². The minimum Gasteiger partial charge on any atom is -0.338 e. The zero-order valence-electron chi connectivity index (χ0n) is 9.79. The number of aryl methyl sites for hydroxylation is 1. The van der Waals surface area contributed by atoms with Crippen LogP contribution in [0.15, 0.2) is 24.3 Å². The first-order chi connectivity index (χ1) is 7.58. The molecular formula is C12H19N3O. The highest BCUT2D eigenvalue weighted by Crippen LogP contribution is 2.07. The van der Waals surface area contributed by atoms with Crippen molar-refractivity contribution in [2.24, 2.45) is 5.73 Å². The Morgan fingerprint density at radius 3 is 2.56 bits per heavy atom. The molecule has 4 heteroatoms. The minimum absolute atomic E-state index is 0.111. The molecular weight excluding hydrogens is 202 g/mol. The molecule has 88 valence electrons. The molecule has 1 aromatic carbocycles. The zero-order valence-corrected chi connectivity index (χ0v) is 9.79. The van der Waals surface area contributed by atoms with Crippen LogP contribution in [0.25, 0.3) is 0 Å². The van der Waals surface area contributed by atoms with E-state index in [1.54, 1.807) is 0 Å². The molecule has 0 radical (unpaired) electrons. The van der Waals surface area contributed by atoms with Gasteiger partial charge in [0.25, 0.3) is 0 Å². The number of benzene rings is 1.